The predicted octanol–water partition coefficient (Wildman–Crippen LogP) is 3.94. The van der Waals surface area contributed by atoms with Crippen LogP contribution < -0.4 is 5.32 Å². The van der Waals surface area contributed by atoms with Gasteiger partial charge in [0, 0.05) is 17.0 Å². The molecular weight excluding hydrogens is 392 g/mol. The van der Waals surface area contributed by atoms with Gasteiger partial charge in [0.25, 0.3) is 5.91 Å². The molecule has 0 aliphatic rings. The number of esters is 1. The molecule has 4 aromatic rings. The molecule has 1 aromatic carbocycles. The summed E-state index contributed by atoms with van der Waals surface area (Å²) in [6.45, 7) is 1.83. The average molecular weight is 408 g/mol. The number of furan rings is 1. The monoisotopic (exact) mass is 408 g/mol. The standard InChI is InChI=1S/C20H16N4O4S/c1-12-10-17(22-18(25)13-5-7-14(8-6-13)19(26)27-2)24(23-12)20-21-15(11-29-20)16-4-3-9-28-16/h3-11H,1-2H3,(H,22,25). The van der Waals surface area contributed by atoms with E-state index in [0.717, 1.165) is 5.69 Å². The molecule has 0 saturated carbocycles. The second-order valence-corrected chi connectivity index (χ2v) is 6.93. The molecule has 0 atom stereocenters. The third-order valence-corrected chi connectivity index (χ3v) is 4.90. The number of aryl methyl sites for hydroxylation is 1. The number of carbonyl (C=O) groups excluding carboxylic acids is 2. The van der Waals surface area contributed by atoms with Gasteiger partial charge in [0.1, 0.15) is 11.5 Å². The SMILES string of the molecule is COC(=O)c1ccc(C(=O)Nc2cc(C)nn2-c2nc(-c3ccco3)cs2)cc1. The molecule has 0 aliphatic heterocycles. The Labute approximate surface area is 169 Å². The molecule has 146 valence electrons. The predicted molar refractivity (Wildman–Crippen MR) is 107 cm³/mol. The first-order valence-electron chi connectivity index (χ1n) is 8.61. The Balaban J connectivity index is 1.57. The maximum absolute atomic E-state index is 12.6. The maximum Gasteiger partial charge on any atom is 0.337 e. The number of thiazole rings is 1. The van der Waals surface area contributed by atoms with Crippen LogP contribution in [-0.4, -0.2) is 33.8 Å². The van der Waals surface area contributed by atoms with E-state index in [0.29, 0.717) is 33.5 Å². The fraction of sp³-hybridized carbons (Fsp3) is 0.100. The minimum atomic E-state index is -0.457. The van der Waals surface area contributed by atoms with Crippen LogP contribution in [0.2, 0.25) is 0 Å². The number of benzene rings is 1. The van der Waals surface area contributed by atoms with Crippen LogP contribution in [0.1, 0.15) is 26.4 Å². The van der Waals surface area contributed by atoms with Crippen LogP contribution in [0.3, 0.4) is 0 Å². The van der Waals surface area contributed by atoms with Crippen molar-refractivity contribution in [2.75, 3.05) is 12.4 Å². The number of hydrogen-bond acceptors (Lipinski definition) is 7. The zero-order chi connectivity index (χ0) is 20.4. The van der Waals surface area contributed by atoms with E-state index in [-0.39, 0.29) is 5.91 Å². The summed E-state index contributed by atoms with van der Waals surface area (Å²) in [6, 6.07) is 11.6. The largest absolute Gasteiger partial charge is 0.465 e. The molecule has 4 rings (SSSR count). The molecule has 1 N–H and O–H groups in total. The molecule has 9 heteroatoms. The van der Waals surface area contributed by atoms with Gasteiger partial charge >= 0.3 is 5.97 Å². The smallest absolute Gasteiger partial charge is 0.337 e. The zero-order valence-corrected chi connectivity index (χ0v) is 16.4. The molecule has 0 bridgehead atoms. The summed E-state index contributed by atoms with van der Waals surface area (Å²) < 4.78 is 11.6. The zero-order valence-electron chi connectivity index (χ0n) is 15.6. The van der Waals surface area contributed by atoms with Gasteiger partial charge < -0.3 is 14.5 Å². The Morgan fingerprint density at radius 2 is 1.93 bits per heavy atom. The van der Waals surface area contributed by atoms with Crippen molar-refractivity contribution in [3.8, 4) is 16.6 Å². The summed E-state index contributed by atoms with van der Waals surface area (Å²) in [6.07, 6.45) is 1.59. The van der Waals surface area contributed by atoms with Crippen molar-refractivity contribution >= 4 is 29.0 Å². The summed E-state index contributed by atoms with van der Waals surface area (Å²) in [5.74, 6) is 0.365. The highest BCUT2D eigenvalue weighted by atomic mass is 32.1. The number of rotatable bonds is 5. The fourth-order valence-electron chi connectivity index (χ4n) is 2.70. The van der Waals surface area contributed by atoms with E-state index in [2.05, 4.69) is 20.1 Å². The molecule has 0 saturated heterocycles. The van der Waals surface area contributed by atoms with Crippen LogP contribution in [0.25, 0.3) is 16.6 Å². The second-order valence-electron chi connectivity index (χ2n) is 6.10. The van der Waals surface area contributed by atoms with Gasteiger partial charge in [-0.15, -0.1) is 11.3 Å². The first-order chi connectivity index (χ1) is 14.0. The molecule has 0 fully saturated rings. The van der Waals surface area contributed by atoms with E-state index in [1.54, 1.807) is 47.3 Å². The van der Waals surface area contributed by atoms with E-state index in [9.17, 15) is 9.59 Å². The molecule has 3 heterocycles. The maximum atomic E-state index is 12.6. The molecule has 0 spiro atoms. The van der Waals surface area contributed by atoms with Crippen LogP contribution in [0, 0.1) is 6.92 Å². The number of hydrogen-bond donors (Lipinski definition) is 1. The molecule has 29 heavy (non-hydrogen) atoms. The number of aromatic nitrogens is 3. The third kappa shape index (κ3) is 3.81. The van der Waals surface area contributed by atoms with Crippen molar-refractivity contribution in [3.05, 3.63) is 70.9 Å². The lowest BCUT2D eigenvalue weighted by atomic mass is 10.1. The number of anilines is 1. The van der Waals surface area contributed by atoms with Gasteiger partial charge in [-0.3, -0.25) is 4.79 Å². The molecule has 1 amide bonds. The lowest BCUT2D eigenvalue weighted by Crippen LogP contribution is -2.15. The van der Waals surface area contributed by atoms with Crippen molar-refractivity contribution in [3.63, 3.8) is 0 Å². The highest BCUT2D eigenvalue weighted by Crippen LogP contribution is 2.26. The lowest BCUT2D eigenvalue weighted by Gasteiger charge is -2.07. The van der Waals surface area contributed by atoms with E-state index in [1.807, 2.05) is 18.4 Å². The normalized spacial score (nSPS) is 10.7. The van der Waals surface area contributed by atoms with Crippen molar-refractivity contribution < 1.29 is 18.7 Å². The third-order valence-electron chi connectivity index (χ3n) is 4.09. The number of nitrogens with zero attached hydrogens (tertiary/aromatic N) is 3. The summed E-state index contributed by atoms with van der Waals surface area (Å²) >= 11 is 1.39. The first-order valence-corrected chi connectivity index (χ1v) is 9.49. The van der Waals surface area contributed by atoms with Crippen LogP contribution in [-0.2, 0) is 4.74 Å². The van der Waals surface area contributed by atoms with Crippen molar-refractivity contribution in [2.24, 2.45) is 0 Å². The summed E-state index contributed by atoms with van der Waals surface area (Å²) in [5.41, 5.74) is 2.20. The number of carbonyl (C=O) groups is 2. The van der Waals surface area contributed by atoms with Gasteiger partial charge in [-0.05, 0) is 43.3 Å². The van der Waals surface area contributed by atoms with Crippen molar-refractivity contribution in [1.29, 1.82) is 0 Å². The quantitative estimate of drug-likeness (QED) is 0.502. The van der Waals surface area contributed by atoms with E-state index >= 15 is 0 Å². The van der Waals surface area contributed by atoms with Crippen LogP contribution in [0.5, 0.6) is 0 Å². The Bertz CT molecular complexity index is 1160. The Kier molecular flexibility index (Phi) is 4.96. The number of amides is 1. The van der Waals surface area contributed by atoms with E-state index in [1.165, 1.54) is 18.4 Å². The van der Waals surface area contributed by atoms with Gasteiger partial charge in [0.2, 0.25) is 5.13 Å². The van der Waals surface area contributed by atoms with Crippen LogP contribution >= 0.6 is 11.3 Å². The van der Waals surface area contributed by atoms with Crippen LogP contribution in [0.4, 0.5) is 5.82 Å². The Morgan fingerprint density at radius 1 is 1.17 bits per heavy atom. The summed E-state index contributed by atoms with van der Waals surface area (Å²) in [7, 11) is 1.31. The lowest BCUT2D eigenvalue weighted by molar-refractivity contribution is 0.0600. The van der Waals surface area contributed by atoms with Gasteiger partial charge in [0.15, 0.2) is 5.76 Å². The van der Waals surface area contributed by atoms with Gasteiger partial charge in [0.05, 0.1) is 24.6 Å². The summed E-state index contributed by atoms with van der Waals surface area (Å²) in [5, 5.41) is 9.73. The van der Waals surface area contributed by atoms with Gasteiger partial charge in [-0.25, -0.2) is 9.78 Å². The first kappa shape index (κ1) is 18.6. The topological polar surface area (TPSA) is 99.2 Å². The van der Waals surface area contributed by atoms with Gasteiger partial charge in [-0.2, -0.15) is 9.78 Å². The molecular formula is C20H16N4O4S. The Hall–Kier alpha value is -3.72. The number of methoxy groups -OCH3 is 1. The molecule has 0 unspecified atom stereocenters. The van der Waals surface area contributed by atoms with Gasteiger partial charge in [-0.1, -0.05) is 0 Å². The van der Waals surface area contributed by atoms with E-state index < -0.39 is 5.97 Å². The average Bonchev–Trinajstić information content (AvgIpc) is 3.48. The minimum Gasteiger partial charge on any atom is -0.465 e. The van der Waals surface area contributed by atoms with Crippen molar-refractivity contribution in [2.45, 2.75) is 6.92 Å². The molecule has 3 aromatic heterocycles. The summed E-state index contributed by atoms with van der Waals surface area (Å²) in [4.78, 5) is 28.7. The molecule has 8 nitrogen and oxygen atoms in total. The fourth-order valence-corrected chi connectivity index (χ4v) is 3.47. The number of ether oxygens (including phenoxy) is 1. The van der Waals surface area contributed by atoms with Crippen molar-refractivity contribution in [1.82, 2.24) is 14.8 Å². The highest BCUT2D eigenvalue weighted by molar-refractivity contribution is 7.12. The van der Waals surface area contributed by atoms with Crippen LogP contribution in [0.15, 0.2) is 58.5 Å². The number of nitrogens with one attached hydrogen (secondary N) is 1. The molecule has 0 aliphatic carbocycles. The van der Waals surface area contributed by atoms with E-state index in [4.69, 9.17) is 4.42 Å². The molecule has 0 radical (unpaired) electrons. The minimum absolute atomic E-state index is 0.328. The highest BCUT2D eigenvalue weighted by Gasteiger charge is 2.16. The second kappa shape index (κ2) is 7.72. The Morgan fingerprint density at radius 3 is 2.62 bits per heavy atom.